The fraction of sp³-hybridized carbons (Fsp3) is 1.00. The molecule has 10 unspecified atom stereocenters. The molecule has 0 aliphatic carbocycles. The van der Waals surface area contributed by atoms with Crippen LogP contribution in [0.1, 0.15) is 34.1 Å². The lowest BCUT2D eigenvalue weighted by Gasteiger charge is -2.47. The van der Waals surface area contributed by atoms with Gasteiger partial charge in [-0.1, -0.05) is 20.8 Å². The van der Waals surface area contributed by atoms with Gasteiger partial charge < -0.3 is 34.6 Å². The fourth-order valence-electron chi connectivity index (χ4n) is 3.42. The SMILES string of the molecule is CCC1OC(C)C(C)C(C)C1OC1OC(CO)C(O)C(O)C1O. The molecule has 2 aliphatic heterocycles. The Balaban J connectivity index is 2.11. The Morgan fingerprint density at radius 1 is 0.870 bits per heavy atom. The minimum absolute atomic E-state index is 0.115. The number of aliphatic hydroxyl groups excluding tert-OH is 4. The molecule has 2 aliphatic rings. The second kappa shape index (κ2) is 7.74. The van der Waals surface area contributed by atoms with E-state index in [-0.39, 0.29) is 30.1 Å². The first-order chi connectivity index (χ1) is 10.8. The van der Waals surface area contributed by atoms with Crippen LogP contribution in [0.4, 0.5) is 0 Å². The maximum atomic E-state index is 10.1. The second-order valence-electron chi connectivity index (χ2n) is 6.80. The van der Waals surface area contributed by atoms with Gasteiger partial charge >= 0.3 is 0 Å². The minimum atomic E-state index is -1.43. The molecule has 4 N–H and O–H groups in total. The molecule has 136 valence electrons. The van der Waals surface area contributed by atoms with Gasteiger partial charge in [0.05, 0.1) is 24.9 Å². The minimum Gasteiger partial charge on any atom is -0.394 e. The quantitative estimate of drug-likeness (QED) is 0.556. The first-order valence-electron chi connectivity index (χ1n) is 8.43. The highest BCUT2D eigenvalue weighted by Crippen LogP contribution is 2.35. The van der Waals surface area contributed by atoms with Crippen molar-refractivity contribution in [1.29, 1.82) is 0 Å². The summed E-state index contributed by atoms with van der Waals surface area (Å²) in [6.45, 7) is 7.73. The van der Waals surface area contributed by atoms with Crippen LogP contribution < -0.4 is 0 Å². The fourth-order valence-corrected chi connectivity index (χ4v) is 3.42. The molecule has 2 rings (SSSR count). The lowest BCUT2D eigenvalue weighted by Crippen LogP contribution is -2.61. The van der Waals surface area contributed by atoms with E-state index >= 15 is 0 Å². The summed E-state index contributed by atoms with van der Waals surface area (Å²) < 4.78 is 17.4. The van der Waals surface area contributed by atoms with Crippen LogP contribution in [0.25, 0.3) is 0 Å². The third-order valence-electron chi connectivity index (χ3n) is 5.39. The summed E-state index contributed by atoms with van der Waals surface area (Å²) in [5.74, 6) is 0.448. The zero-order valence-electron chi connectivity index (χ0n) is 14.2. The molecule has 0 aromatic heterocycles. The summed E-state index contributed by atoms with van der Waals surface area (Å²) in [5, 5.41) is 39.1. The van der Waals surface area contributed by atoms with E-state index in [4.69, 9.17) is 14.2 Å². The highest BCUT2D eigenvalue weighted by molar-refractivity contribution is 4.92. The Bertz CT molecular complexity index is 375. The summed E-state index contributed by atoms with van der Waals surface area (Å²) >= 11 is 0. The molecule has 2 fully saturated rings. The zero-order chi connectivity index (χ0) is 17.3. The largest absolute Gasteiger partial charge is 0.394 e. The van der Waals surface area contributed by atoms with Crippen molar-refractivity contribution in [2.45, 2.75) is 83.1 Å². The number of hydrogen-bond acceptors (Lipinski definition) is 7. The lowest BCUT2D eigenvalue weighted by atomic mass is 9.81. The summed E-state index contributed by atoms with van der Waals surface area (Å²) in [4.78, 5) is 0. The standard InChI is InChI=1S/C16H30O7/c1-5-10-15(8(3)7(2)9(4)21-10)23-16-14(20)13(19)12(18)11(6-17)22-16/h7-20H,5-6H2,1-4H3. The second-order valence-corrected chi connectivity index (χ2v) is 6.80. The Hall–Kier alpha value is -0.280. The van der Waals surface area contributed by atoms with Gasteiger partial charge in [-0.25, -0.2) is 0 Å². The molecule has 10 atom stereocenters. The topological polar surface area (TPSA) is 109 Å². The summed E-state index contributed by atoms with van der Waals surface area (Å²) in [6.07, 6.45) is -5.83. The first kappa shape index (κ1) is 19.1. The molecule has 2 heterocycles. The molecule has 0 aromatic rings. The van der Waals surface area contributed by atoms with Gasteiger partial charge in [-0.3, -0.25) is 0 Å². The van der Waals surface area contributed by atoms with Crippen LogP contribution in [-0.2, 0) is 14.2 Å². The van der Waals surface area contributed by atoms with E-state index in [0.29, 0.717) is 0 Å². The molecule has 0 saturated carbocycles. The lowest BCUT2D eigenvalue weighted by molar-refractivity contribution is -0.331. The van der Waals surface area contributed by atoms with Crippen LogP contribution in [0.2, 0.25) is 0 Å². The molecular weight excluding hydrogens is 304 g/mol. The van der Waals surface area contributed by atoms with Crippen molar-refractivity contribution in [1.82, 2.24) is 0 Å². The molecule has 23 heavy (non-hydrogen) atoms. The van der Waals surface area contributed by atoms with E-state index in [0.717, 1.165) is 6.42 Å². The third-order valence-corrected chi connectivity index (χ3v) is 5.39. The van der Waals surface area contributed by atoms with E-state index in [1.807, 2.05) is 13.8 Å². The molecule has 2 saturated heterocycles. The van der Waals surface area contributed by atoms with Crippen LogP contribution in [0, 0.1) is 11.8 Å². The van der Waals surface area contributed by atoms with E-state index in [1.54, 1.807) is 0 Å². The van der Waals surface area contributed by atoms with Crippen molar-refractivity contribution < 1.29 is 34.6 Å². The number of ether oxygens (including phenoxy) is 3. The average molecular weight is 334 g/mol. The Labute approximate surface area is 137 Å². The molecule has 7 nitrogen and oxygen atoms in total. The van der Waals surface area contributed by atoms with Crippen LogP contribution in [0.3, 0.4) is 0 Å². The van der Waals surface area contributed by atoms with Crippen LogP contribution in [0.5, 0.6) is 0 Å². The van der Waals surface area contributed by atoms with E-state index in [9.17, 15) is 20.4 Å². The monoisotopic (exact) mass is 334 g/mol. The van der Waals surface area contributed by atoms with Gasteiger partial charge in [-0.05, 0) is 25.2 Å². The van der Waals surface area contributed by atoms with Crippen LogP contribution in [0.15, 0.2) is 0 Å². The third kappa shape index (κ3) is 3.71. The molecule has 0 radical (unpaired) electrons. The summed E-state index contributed by atoms with van der Waals surface area (Å²) in [6, 6.07) is 0. The smallest absolute Gasteiger partial charge is 0.187 e. The Kier molecular flexibility index (Phi) is 6.41. The Morgan fingerprint density at radius 3 is 2.09 bits per heavy atom. The molecule has 0 bridgehead atoms. The van der Waals surface area contributed by atoms with Gasteiger partial charge in [0, 0.05) is 0 Å². The van der Waals surface area contributed by atoms with E-state index in [2.05, 4.69) is 13.8 Å². The van der Waals surface area contributed by atoms with Crippen molar-refractivity contribution in [2.75, 3.05) is 6.61 Å². The van der Waals surface area contributed by atoms with Crippen molar-refractivity contribution in [2.24, 2.45) is 11.8 Å². The average Bonchev–Trinajstić information content (AvgIpc) is 2.55. The normalized spacial score (nSPS) is 51.7. The predicted octanol–water partition coefficient (Wildman–Crippen LogP) is -0.359. The number of aliphatic hydroxyl groups is 4. The highest BCUT2D eigenvalue weighted by atomic mass is 16.7. The van der Waals surface area contributed by atoms with Gasteiger partial charge in [-0.2, -0.15) is 0 Å². The molecule has 0 amide bonds. The Morgan fingerprint density at radius 2 is 1.52 bits per heavy atom. The summed E-state index contributed by atoms with van der Waals surface area (Å²) in [7, 11) is 0. The molecule has 0 aromatic carbocycles. The number of hydrogen-bond donors (Lipinski definition) is 4. The van der Waals surface area contributed by atoms with Crippen molar-refractivity contribution in [3.63, 3.8) is 0 Å². The van der Waals surface area contributed by atoms with Crippen LogP contribution in [-0.4, -0.2) is 76.1 Å². The maximum absolute atomic E-state index is 10.1. The van der Waals surface area contributed by atoms with Gasteiger partial charge in [0.1, 0.15) is 24.4 Å². The van der Waals surface area contributed by atoms with E-state index < -0.39 is 37.3 Å². The van der Waals surface area contributed by atoms with Crippen molar-refractivity contribution >= 4 is 0 Å². The zero-order valence-corrected chi connectivity index (χ0v) is 14.2. The predicted molar refractivity (Wildman–Crippen MR) is 81.6 cm³/mol. The van der Waals surface area contributed by atoms with Crippen molar-refractivity contribution in [3.8, 4) is 0 Å². The highest BCUT2D eigenvalue weighted by Gasteiger charge is 2.47. The molecule has 0 spiro atoms. The molecule has 7 heteroatoms. The first-order valence-corrected chi connectivity index (χ1v) is 8.43. The van der Waals surface area contributed by atoms with Crippen molar-refractivity contribution in [3.05, 3.63) is 0 Å². The maximum Gasteiger partial charge on any atom is 0.187 e. The van der Waals surface area contributed by atoms with Gasteiger partial charge in [-0.15, -0.1) is 0 Å². The molecular formula is C16H30O7. The summed E-state index contributed by atoms with van der Waals surface area (Å²) in [5.41, 5.74) is 0. The number of rotatable bonds is 4. The van der Waals surface area contributed by atoms with Crippen LogP contribution >= 0.6 is 0 Å². The van der Waals surface area contributed by atoms with E-state index in [1.165, 1.54) is 0 Å². The van der Waals surface area contributed by atoms with Gasteiger partial charge in [0.2, 0.25) is 0 Å². The van der Waals surface area contributed by atoms with Gasteiger partial charge in [0.25, 0.3) is 0 Å². The van der Waals surface area contributed by atoms with Gasteiger partial charge in [0.15, 0.2) is 6.29 Å².